The molecule has 0 unspecified atom stereocenters. The fourth-order valence-electron chi connectivity index (χ4n) is 2.48. The Morgan fingerprint density at radius 2 is 1.88 bits per heavy atom. The molecule has 130 valence electrons. The molecule has 25 heavy (non-hydrogen) atoms. The van der Waals surface area contributed by atoms with Gasteiger partial charge < -0.3 is 14.2 Å². The molecule has 1 aromatic heterocycles. The lowest BCUT2D eigenvalue weighted by atomic mass is 10.1. The summed E-state index contributed by atoms with van der Waals surface area (Å²) in [6.45, 7) is 0.212. The first kappa shape index (κ1) is 17.2. The molecule has 0 aliphatic rings. The topological polar surface area (TPSA) is 57.7 Å². The highest BCUT2D eigenvalue weighted by molar-refractivity contribution is 7.18. The number of esters is 1. The zero-order chi connectivity index (χ0) is 17.6. The highest BCUT2D eigenvalue weighted by Gasteiger charge is 2.10. The quantitative estimate of drug-likeness (QED) is 0.599. The number of para-hydroxylation sites is 1. The number of benzene rings is 2. The number of rotatable bonds is 7. The smallest absolute Gasteiger partial charge is 0.306 e. The highest BCUT2D eigenvalue weighted by Crippen LogP contribution is 2.28. The molecule has 0 saturated carbocycles. The largest absolute Gasteiger partial charge is 0.493 e. The molecule has 1 heterocycles. The van der Waals surface area contributed by atoms with Crippen LogP contribution in [0, 0.1) is 0 Å². The predicted molar refractivity (Wildman–Crippen MR) is 97.3 cm³/mol. The minimum Gasteiger partial charge on any atom is -0.493 e. The number of fused-ring (bicyclic) bond motifs is 1. The summed E-state index contributed by atoms with van der Waals surface area (Å²) in [4.78, 5) is 16.4. The van der Waals surface area contributed by atoms with E-state index >= 15 is 0 Å². The van der Waals surface area contributed by atoms with Gasteiger partial charge in [0.05, 0.1) is 24.4 Å². The number of methoxy groups -OCH3 is 2. The monoisotopic (exact) mass is 357 g/mol. The minimum absolute atomic E-state index is 0.212. The van der Waals surface area contributed by atoms with Gasteiger partial charge in [0.25, 0.3) is 0 Å². The third kappa shape index (κ3) is 4.28. The van der Waals surface area contributed by atoms with Gasteiger partial charge in [-0.15, -0.1) is 11.3 Å². The molecule has 2 aromatic carbocycles. The van der Waals surface area contributed by atoms with Crippen LogP contribution in [-0.2, 0) is 22.6 Å². The number of ether oxygens (including phenoxy) is 3. The molecular weight excluding hydrogens is 338 g/mol. The Hall–Kier alpha value is -2.60. The van der Waals surface area contributed by atoms with E-state index in [2.05, 4.69) is 4.98 Å². The van der Waals surface area contributed by atoms with E-state index < -0.39 is 0 Å². The van der Waals surface area contributed by atoms with Crippen molar-refractivity contribution < 1.29 is 19.0 Å². The van der Waals surface area contributed by atoms with Crippen molar-refractivity contribution in [2.45, 2.75) is 19.4 Å². The average molecular weight is 357 g/mol. The van der Waals surface area contributed by atoms with Gasteiger partial charge in [-0.05, 0) is 36.2 Å². The van der Waals surface area contributed by atoms with Crippen molar-refractivity contribution in [3.8, 4) is 11.5 Å². The number of hydrogen-bond donors (Lipinski definition) is 0. The molecule has 0 N–H and O–H groups in total. The van der Waals surface area contributed by atoms with E-state index in [0.717, 1.165) is 20.8 Å². The van der Waals surface area contributed by atoms with Crippen LogP contribution < -0.4 is 9.47 Å². The lowest BCUT2D eigenvalue weighted by molar-refractivity contribution is -0.144. The molecule has 0 spiro atoms. The summed E-state index contributed by atoms with van der Waals surface area (Å²) in [5.74, 6) is 1.08. The summed E-state index contributed by atoms with van der Waals surface area (Å²) in [5.41, 5.74) is 1.93. The lowest BCUT2D eigenvalue weighted by Gasteiger charge is -2.09. The number of thiazole rings is 1. The first-order chi connectivity index (χ1) is 12.2. The average Bonchev–Trinajstić information content (AvgIpc) is 3.07. The zero-order valence-electron chi connectivity index (χ0n) is 14.2. The Labute approximate surface area is 150 Å². The van der Waals surface area contributed by atoms with Crippen LogP contribution in [0.25, 0.3) is 10.2 Å². The fourth-order valence-corrected chi connectivity index (χ4v) is 3.36. The van der Waals surface area contributed by atoms with Crippen LogP contribution in [0.15, 0.2) is 42.5 Å². The van der Waals surface area contributed by atoms with Crippen LogP contribution in [0.2, 0.25) is 0 Å². The van der Waals surface area contributed by atoms with Crippen molar-refractivity contribution >= 4 is 27.5 Å². The van der Waals surface area contributed by atoms with E-state index in [1.54, 1.807) is 25.6 Å². The number of aromatic nitrogens is 1. The van der Waals surface area contributed by atoms with E-state index in [-0.39, 0.29) is 12.6 Å². The summed E-state index contributed by atoms with van der Waals surface area (Å²) >= 11 is 1.54. The van der Waals surface area contributed by atoms with E-state index in [9.17, 15) is 4.79 Å². The van der Waals surface area contributed by atoms with Gasteiger partial charge in [-0.25, -0.2) is 4.98 Å². The maximum absolute atomic E-state index is 12.0. The zero-order valence-corrected chi connectivity index (χ0v) is 15.0. The van der Waals surface area contributed by atoms with Gasteiger partial charge in [-0.2, -0.15) is 0 Å². The summed E-state index contributed by atoms with van der Waals surface area (Å²) in [5, 5.41) is 0.806. The summed E-state index contributed by atoms with van der Waals surface area (Å²) in [6.07, 6.45) is 0.888. The van der Waals surface area contributed by atoms with Gasteiger partial charge >= 0.3 is 5.97 Å². The van der Waals surface area contributed by atoms with Crippen molar-refractivity contribution in [2.24, 2.45) is 0 Å². The van der Waals surface area contributed by atoms with Crippen molar-refractivity contribution in [3.63, 3.8) is 0 Å². The van der Waals surface area contributed by atoms with E-state index in [4.69, 9.17) is 14.2 Å². The van der Waals surface area contributed by atoms with Crippen molar-refractivity contribution in [1.82, 2.24) is 4.98 Å². The van der Waals surface area contributed by atoms with E-state index in [0.29, 0.717) is 24.3 Å². The predicted octanol–water partition coefficient (Wildman–Crippen LogP) is 3.99. The molecule has 0 aliphatic carbocycles. The number of hydrogen-bond acceptors (Lipinski definition) is 6. The van der Waals surface area contributed by atoms with Crippen molar-refractivity contribution in [3.05, 3.63) is 53.0 Å². The van der Waals surface area contributed by atoms with Crippen LogP contribution in [-0.4, -0.2) is 25.2 Å². The minimum atomic E-state index is -0.242. The maximum Gasteiger partial charge on any atom is 0.306 e. The Bertz CT molecular complexity index is 842. The van der Waals surface area contributed by atoms with Gasteiger partial charge in [0.1, 0.15) is 11.6 Å². The molecule has 0 saturated heterocycles. The summed E-state index contributed by atoms with van der Waals surface area (Å²) < 4.78 is 16.9. The maximum atomic E-state index is 12.0. The number of carbonyl (C=O) groups is 1. The first-order valence-electron chi connectivity index (χ1n) is 7.90. The third-order valence-electron chi connectivity index (χ3n) is 3.76. The Kier molecular flexibility index (Phi) is 5.50. The van der Waals surface area contributed by atoms with Crippen molar-refractivity contribution in [1.29, 1.82) is 0 Å². The van der Waals surface area contributed by atoms with Gasteiger partial charge in [-0.3, -0.25) is 4.79 Å². The second kappa shape index (κ2) is 7.98. The van der Waals surface area contributed by atoms with E-state index in [1.165, 1.54) is 0 Å². The second-order valence-electron chi connectivity index (χ2n) is 5.43. The van der Waals surface area contributed by atoms with Crippen LogP contribution in [0.4, 0.5) is 0 Å². The molecular formula is C19H19NO4S. The SMILES string of the molecule is COc1ccc(CCC(=O)OCc2nc3ccccc3s2)cc1OC. The van der Waals surface area contributed by atoms with E-state index in [1.807, 2.05) is 42.5 Å². The molecule has 0 atom stereocenters. The Morgan fingerprint density at radius 3 is 2.64 bits per heavy atom. The highest BCUT2D eigenvalue weighted by atomic mass is 32.1. The molecule has 3 rings (SSSR count). The standard InChI is InChI=1S/C19H19NO4S/c1-22-15-9-7-13(11-16(15)23-2)8-10-19(21)24-12-18-20-14-5-3-4-6-17(14)25-18/h3-7,9,11H,8,10,12H2,1-2H3. The van der Waals surface area contributed by atoms with Gasteiger partial charge in [-0.1, -0.05) is 18.2 Å². The molecule has 0 amide bonds. The fraction of sp³-hybridized carbons (Fsp3) is 0.263. The molecule has 5 nitrogen and oxygen atoms in total. The van der Waals surface area contributed by atoms with Crippen molar-refractivity contribution in [2.75, 3.05) is 14.2 Å². The lowest BCUT2D eigenvalue weighted by Crippen LogP contribution is -2.06. The number of carbonyl (C=O) groups excluding carboxylic acids is 1. The second-order valence-corrected chi connectivity index (χ2v) is 6.54. The Morgan fingerprint density at radius 1 is 1.08 bits per heavy atom. The molecule has 0 fully saturated rings. The molecule has 0 radical (unpaired) electrons. The molecule has 0 aliphatic heterocycles. The van der Waals surface area contributed by atoms with Crippen LogP contribution in [0.1, 0.15) is 17.0 Å². The molecule has 0 bridgehead atoms. The normalized spacial score (nSPS) is 10.6. The molecule has 6 heteroatoms. The van der Waals surface area contributed by atoms with Crippen LogP contribution >= 0.6 is 11.3 Å². The molecule has 3 aromatic rings. The van der Waals surface area contributed by atoms with Crippen LogP contribution in [0.5, 0.6) is 11.5 Å². The van der Waals surface area contributed by atoms with Crippen LogP contribution in [0.3, 0.4) is 0 Å². The van der Waals surface area contributed by atoms with Gasteiger partial charge in [0, 0.05) is 6.42 Å². The Balaban J connectivity index is 1.52. The third-order valence-corrected chi connectivity index (χ3v) is 4.77. The van der Waals surface area contributed by atoms with Gasteiger partial charge in [0.2, 0.25) is 0 Å². The number of nitrogens with zero attached hydrogens (tertiary/aromatic N) is 1. The van der Waals surface area contributed by atoms with Gasteiger partial charge in [0.15, 0.2) is 11.5 Å². The summed E-state index contributed by atoms with van der Waals surface area (Å²) in [7, 11) is 3.19. The number of aryl methyl sites for hydroxylation is 1. The summed E-state index contributed by atoms with van der Waals surface area (Å²) in [6, 6.07) is 13.5. The first-order valence-corrected chi connectivity index (χ1v) is 8.72.